The van der Waals surface area contributed by atoms with Gasteiger partial charge in [-0.1, -0.05) is 92.2 Å². The maximum atomic E-state index is 11.5. The fourth-order valence-electron chi connectivity index (χ4n) is 8.69. The van der Waals surface area contributed by atoms with Gasteiger partial charge < -0.3 is 14.6 Å². The molecule has 8 rings (SSSR count). The average molecular weight is 737 g/mol. The van der Waals surface area contributed by atoms with Crippen LogP contribution < -0.4 is 4.90 Å². The molecule has 0 aromatic heterocycles. The van der Waals surface area contributed by atoms with Crippen LogP contribution in [0.15, 0.2) is 149 Å². The summed E-state index contributed by atoms with van der Waals surface area (Å²) in [6, 6.07) is 32.1. The largest absolute Gasteiger partial charge is 0.744 e. The van der Waals surface area contributed by atoms with Gasteiger partial charge in [0.15, 0.2) is 5.71 Å². The number of hydrogen-bond donors (Lipinski definition) is 1. The first-order valence-electron chi connectivity index (χ1n) is 18.5. The standard InChI is InChI=1S/C40H40N2O.C7H8O3S/c1-39(2)34(41(5)32-22-18-26-12-7-9-16-30(26)36(32)39)24-20-28-14-11-15-29(38(28)43)21-25-35-40(3,4)37-31-17-10-8-13-27(31)19-23-33(37)42(35)6;1-6-2-4-7(5-3-6)11(8,9)10/h7-10,12-13,16-25H,11,14-15H2,1-6H3;2-5H,1H3,(H,8,9,10). The highest BCUT2D eigenvalue weighted by Crippen LogP contribution is 2.50. The van der Waals surface area contributed by atoms with E-state index in [9.17, 15) is 18.1 Å². The molecule has 6 nitrogen and oxygen atoms in total. The highest BCUT2D eigenvalue weighted by Gasteiger charge is 2.44. The molecule has 3 aliphatic rings. The highest BCUT2D eigenvalue weighted by molar-refractivity contribution is 7.85. The van der Waals surface area contributed by atoms with E-state index in [0.717, 1.165) is 36.0 Å². The van der Waals surface area contributed by atoms with Crippen LogP contribution in [0.4, 0.5) is 11.4 Å². The van der Waals surface area contributed by atoms with Crippen molar-refractivity contribution in [2.24, 2.45) is 0 Å². The van der Waals surface area contributed by atoms with Gasteiger partial charge in [-0.25, -0.2) is 8.42 Å². The number of hydrogen-bond acceptors (Lipinski definition) is 5. The number of fused-ring (bicyclic) bond motifs is 6. The average Bonchev–Trinajstić information content (AvgIpc) is 3.47. The van der Waals surface area contributed by atoms with Crippen molar-refractivity contribution in [1.82, 2.24) is 0 Å². The second kappa shape index (κ2) is 13.9. The number of aliphatic hydroxyl groups is 1. The Morgan fingerprint density at radius 3 is 2.02 bits per heavy atom. The van der Waals surface area contributed by atoms with E-state index >= 15 is 0 Å². The van der Waals surface area contributed by atoms with Crippen LogP contribution in [0.3, 0.4) is 0 Å². The van der Waals surface area contributed by atoms with E-state index in [1.165, 1.54) is 67.6 Å². The number of likely N-dealkylation sites (N-methyl/N-ethyl adjacent to an activating group) is 1. The van der Waals surface area contributed by atoms with Gasteiger partial charge in [-0.15, -0.1) is 0 Å². The van der Waals surface area contributed by atoms with Crippen LogP contribution in [0, 0.1) is 6.92 Å². The van der Waals surface area contributed by atoms with Crippen molar-refractivity contribution in [1.29, 1.82) is 0 Å². The van der Waals surface area contributed by atoms with Crippen LogP contribution in [0.25, 0.3) is 21.5 Å². The molecule has 2 aliphatic heterocycles. The number of allylic oxidation sites excluding steroid dienone is 7. The first-order valence-corrected chi connectivity index (χ1v) is 20.0. The number of rotatable bonds is 4. The van der Waals surface area contributed by atoms with Gasteiger partial charge in [0.1, 0.15) is 22.9 Å². The van der Waals surface area contributed by atoms with Crippen molar-refractivity contribution in [3.8, 4) is 0 Å². The van der Waals surface area contributed by atoms with E-state index < -0.39 is 10.1 Å². The quantitative estimate of drug-likeness (QED) is 0.147. The molecule has 1 N–H and O–H groups in total. The first kappa shape index (κ1) is 37.1. The molecule has 0 saturated heterocycles. The fourth-order valence-corrected chi connectivity index (χ4v) is 9.16. The molecule has 1 aliphatic carbocycles. The van der Waals surface area contributed by atoms with Crippen LogP contribution in [0.1, 0.15) is 63.6 Å². The van der Waals surface area contributed by atoms with Crippen molar-refractivity contribution < 1.29 is 22.7 Å². The molecular formula is C47H48N2O4S. The summed E-state index contributed by atoms with van der Waals surface area (Å²) in [7, 11) is 0.0553. The van der Waals surface area contributed by atoms with Crippen molar-refractivity contribution in [3.63, 3.8) is 0 Å². The van der Waals surface area contributed by atoms with E-state index in [1.807, 2.05) is 6.92 Å². The van der Waals surface area contributed by atoms with Gasteiger partial charge in [0, 0.05) is 41.6 Å². The number of anilines is 1. The minimum absolute atomic E-state index is 0.146. The van der Waals surface area contributed by atoms with Crippen molar-refractivity contribution in [2.45, 2.75) is 69.6 Å². The maximum absolute atomic E-state index is 11.5. The Morgan fingerprint density at radius 2 is 1.37 bits per heavy atom. The third-order valence-corrected chi connectivity index (χ3v) is 12.3. The third-order valence-electron chi connectivity index (χ3n) is 11.5. The van der Waals surface area contributed by atoms with Crippen LogP contribution in [0.2, 0.25) is 0 Å². The molecule has 276 valence electrons. The Kier molecular flexibility index (Phi) is 9.53. The molecule has 2 heterocycles. The summed E-state index contributed by atoms with van der Waals surface area (Å²) in [6.45, 7) is 11.1. The Hall–Kier alpha value is -5.24. The maximum Gasteiger partial charge on any atom is 0.210 e. The molecule has 0 bridgehead atoms. The van der Waals surface area contributed by atoms with E-state index in [0.29, 0.717) is 5.76 Å². The summed E-state index contributed by atoms with van der Waals surface area (Å²) in [5.41, 5.74) is 10.4. The van der Waals surface area contributed by atoms with Gasteiger partial charge >= 0.3 is 0 Å². The topological polar surface area (TPSA) is 83.7 Å². The Bertz CT molecular complexity index is 2590. The van der Waals surface area contributed by atoms with Crippen molar-refractivity contribution in [3.05, 3.63) is 161 Å². The van der Waals surface area contributed by atoms with Crippen LogP contribution in [0.5, 0.6) is 0 Å². The van der Waals surface area contributed by atoms with Crippen molar-refractivity contribution in [2.75, 3.05) is 19.0 Å². The number of aliphatic hydroxyl groups excluding tert-OH is 1. The molecule has 0 amide bonds. The minimum Gasteiger partial charge on any atom is -0.744 e. The van der Waals surface area contributed by atoms with Gasteiger partial charge in [-0.05, 0) is 115 Å². The number of nitrogens with zero attached hydrogens (tertiary/aromatic N) is 2. The molecule has 5 aromatic carbocycles. The zero-order valence-corrected chi connectivity index (χ0v) is 33.0. The predicted octanol–water partition coefficient (Wildman–Crippen LogP) is 10.7. The normalized spacial score (nSPS) is 19.2. The van der Waals surface area contributed by atoms with Gasteiger partial charge in [0.2, 0.25) is 5.69 Å². The molecule has 0 fully saturated rings. The number of aryl methyl sites for hydroxylation is 1. The van der Waals surface area contributed by atoms with Gasteiger partial charge in [0.25, 0.3) is 0 Å². The van der Waals surface area contributed by atoms with E-state index in [4.69, 9.17) is 0 Å². The SMILES string of the molecule is CN1C(=CC=C2CCCC(C=CC3=[N+](C)c4ccc5ccccc5c4C3(C)C)=C2O)C(C)(C)c2c1ccc1ccccc21.Cc1ccc(S(=O)(=O)[O-])cc1. The summed E-state index contributed by atoms with van der Waals surface area (Å²) >= 11 is 0. The lowest BCUT2D eigenvalue weighted by Gasteiger charge is -2.24. The summed E-state index contributed by atoms with van der Waals surface area (Å²) in [4.78, 5) is 2.14. The first-order chi connectivity index (χ1) is 25.6. The summed E-state index contributed by atoms with van der Waals surface area (Å²) in [5.74, 6) is 0.433. The van der Waals surface area contributed by atoms with Gasteiger partial charge in [-0.2, -0.15) is 4.58 Å². The molecule has 0 unspecified atom stereocenters. The summed E-state index contributed by atoms with van der Waals surface area (Å²) in [5, 5.41) is 16.7. The molecule has 7 heteroatoms. The fraction of sp³-hybridized carbons (Fsp3) is 0.255. The second-order valence-electron chi connectivity index (χ2n) is 15.7. The molecule has 0 atom stereocenters. The summed E-state index contributed by atoms with van der Waals surface area (Å²) < 4.78 is 33.5. The molecular weight excluding hydrogens is 689 g/mol. The smallest absolute Gasteiger partial charge is 0.210 e. The molecule has 0 spiro atoms. The lowest BCUT2D eigenvalue weighted by molar-refractivity contribution is -0.401. The van der Waals surface area contributed by atoms with E-state index in [-0.39, 0.29) is 15.7 Å². The molecule has 0 radical (unpaired) electrons. The summed E-state index contributed by atoms with van der Waals surface area (Å²) in [6.07, 6.45) is 11.6. The van der Waals surface area contributed by atoms with Gasteiger partial charge in [-0.3, -0.25) is 0 Å². The highest BCUT2D eigenvalue weighted by atomic mass is 32.2. The molecule has 0 saturated carbocycles. The van der Waals surface area contributed by atoms with E-state index in [2.05, 4.69) is 148 Å². The van der Waals surface area contributed by atoms with Crippen molar-refractivity contribution >= 4 is 48.7 Å². The molecule has 5 aromatic rings. The Balaban J connectivity index is 0.000000353. The second-order valence-corrected chi connectivity index (χ2v) is 17.1. The van der Waals surface area contributed by atoms with E-state index in [1.54, 1.807) is 12.1 Å². The van der Waals surface area contributed by atoms with Gasteiger partial charge in [0.05, 0.1) is 10.3 Å². The van der Waals surface area contributed by atoms with Crippen LogP contribution in [-0.4, -0.2) is 42.5 Å². The van der Waals surface area contributed by atoms with Crippen LogP contribution in [-0.2, 0) is 20.9 Å². The van der Waals surface area contributed by atoms with Crippen LogP contribution >= 0.6 is 0 Å². The zero-order valence-electron chi connectivity index (χ0n) is 32.1. The lowest BCUT2D eigenvalue weighted by atomic mass is 9.78. The number of benzene rings is 5. The lowest BCUT2D eigenvalue weighted by Crippen LogP contribution is -2.27. The minimum atomic E-state index is -4.27. The predicted molar refractivity (Wildman–Crippen MR) is 221 cm³/mol. The Labute approximate surface area is 319 Å². The zero-order chi connectivity index (χ0) is 38.6. The Morgan fingerprint density at radius 1 is 0.759 bits per heavy atom. The third kappa shape index (κ3) is 6.50. The molecule has 54 heavy (non-hydrogen) atoms. The monoisotopic (exact) mass is 736 g/mol.